The first-order chi connectivity index (χ1) is 9.72. The van der Waals surface area contributed by atoms with E-state index in [1.807, 2.05) is 36.0 Å². The summed E-state index contributed by atoms with van der Waals surface area (Å²) < 4.78 is 0. The van der Waals surface area contributed by atoms with E-state index >= 15 is 0 Å². The molecule has 2 aliphatic heterocycles. The number of fused-ring (bicyclic) bond motifs is 2. The number of nitrogens with one attached hydrogen (secondary N) is 2. The average molecular weight is 307 g/mol. The van der Waals surface area contributed by atoms with E-state index in [1.54, 1.807) is 0 Å². The highest BCUT2D eigenvalue weighted by Gasteiger charge is 2.45. The Hall–Kier alpha value is -0.970. The van der Waals surface area contributed by atoms with Crippen LogP contribution in [0.3, 0.4) is 0 Å². The summed E-state index contributed by atoms with van der Waals surface area (Å²) in [5, 5.41) is 7.51. The summed E-state index contributed by atoms with van der Waals surface area (Å²) >= 11 is 7.88. The molecule has 1 aliphatic carbocycles. The van der Waals surface area contributed by atoms with Gasteiger partial charge >= 0.3 is 0 Å². The molecule has 0 saturated carbocycles. The fourth-order valence-corrected chi connectivity index (χ4v) is 5.11. The van der Waals surface area contributed by atoms with E-state index in [0.717, 1.165) is 18.4 Å². The van der Waals surface area contributed by atoms with Gasteiger partial charge in [0.15, 0.2) is 0 Å². The lowest BCUT2D eigenvalue weighted by molar-refractivity contribution is -0.127. The van der Waals surface area contributed by atoms with Crippen molar-refractivity contribution in [3.05, 3.63) is 45.3 Å². The monoisotopic (exact) mass is 306 g/mol. The van der Waals surface area contributed by atoms with Crippen molar-refractivity contribution >= 4 is 29.3 Å². The zero-order valence-electron chi connectivity index (χ0n) is 10.9. The normalized spacial score (nSPS) is 32.0. The minimum Gasteiger partial charge on any atom is -0.336 e. The number of amides is 1. The maximum atomic E-state index is 12.5. The first-order valence-corrected chi connectivity index (χ1v) is 8.18. The van der Waals surface area contributed by atoms with Gasteiger partial charge in [-0.2, -0.15) is 0 Å². The summed E-state index contributed by atoms with van der Waals surface area (Å²) in [6.07, 6.45) is 3.28. The standard InChI is InChI=1S/C15H15ClN2OS/c16-9-4-1-3-8(7-9)13-17-14(19)12-10-5-2-6-11(10)20-15(12)18-13/h1,3-4,7,12-13,15,18H,2,5-6H2,(H,17,19). The Morgan fingerprint density at radius 3 is 3.05 bits per heavy atom. The maximum absolute atomic E-state index is 12.5. The van der Waals surface area contributed by atoms with Crippen LogP contribution in [-0.2, 0) is 4.79 Å². The fourth-order valence-electron chi connectivity index (χ4n) is 3.34. The van der Waals surface area contributed by atoms with Crippen molar-refractivity contribution in [2.24, 2.45) is 5.92 Å². The second-order valence-electron chi connectivity index (χ2n) is 5.48. The van der Waals surface area contributed by atoms with E-state index in [1.165, 1.54) is 16.9 Å². The van der Waals surface area contributed by atoms with Gasteiger partial charge in [-0.1, -0.05) is 23.7 Å². The van der Waals surface area contributed by atoms with E-state index in [0.29, 0.717) is 5.02 Å². The third-order valence-electron chi connectivity index (χ3n) is 4.24. The molecule has 3 aliphatic rings. The van der Waals surface area contributed by atoms with E-state index < -0.39 is 0 Å². The lowest BCUT2D eigenvalue weighted by Gasteiger charge is -2.35. The second kappa shape index (κ2) is 4.79. The lowest BCUT2D eigenvalue weighted by atomic mass is 9.94. The molecular formula is C15H15ClN2OS. The van der Waals surface area contributed by atoms with Crippen LogP contribution in [0.25, 0.3) is 0 Å². The Morgan fingerprint density at radius 2 is 2.20 bits per heavy atom. The highest BCUT2D eigenvalue weighted by atomic mass is 35.5. The molecule has 1 aromatic carbocycles. The number of halogens is 1. The highest BCUT2D eigenvalue weighted by Crippen LogP contribution is 2.50. The van der Waals surface area contributed by atoms with Gasteiger partial charge in [0.05, 0.1) is 11.3 Å². The summed E-state index contributed by atoms with van der Waals surface area (Å²) in [5.41, 5.74) is 2.38. The lowest BCUT2D eigenvalue weighted by Crippen LogP contribution is -2.54. The number of carbonyl (C=O) groups is 1. The summed E-state index contributed by atoms with van der Waals surface area (Å²) in [4.78, 5) is 13.9. The van der Waals surface area contributed by atoms with Crippen LogP contribution in [0.4, 0.5) is 0 Å². The number of benzene rings is 1. The molecule has 20 heavy (non-hydrogen) atoms. The molecule has 0 radical (unpaired) electrons. The molecule has 1 aromatic rings. The number of carbonyl (C=O) groups excluding carboxylic acids is 1. The fraction of sp³-hybridized carbons (Fsp3) is 0.400. The van der Waals surface area contributed by atoms with Gasteiger partial charge in [-0.05, 0) is 47.4 Å². The summed E-state index contributed by atoms with van der Waals surface area (Å²) in [6.45, 7) is 0. The summed E-state index contributed by atoms with van der Waals surface area (Å²) in [5.74, 6) is 0.172. The zero-order chi connectivity index (χ0) is 13.7. The minimum absolute atomic E-state index is 0.0212. The third kappa shape index (κ3) is 1.98. The molecule has 3 unspecified atom stereocenters. The first-order valence-electron chi connectivity index (χ1n) is 6.93. The van der Waals surface area contributed by atoms with Crippen LogP contribution >= 0.6 is 23.4 Å². The van der Waals surface area contributed by atoms with Crippen LogP contribution in [0.15, 0.2) is 34.7 Å². The van der Waals surface area contributed by atoms with Gasteiger partial charge in [-0.3, -0.25) is 10.1 Å². The molecule has 1 amide bonds. The van der Waals surface area contributed by atoms with Crippen molar-refractivity contribution in [1.29, 1.82) is 0 Å². The molecule has 104 valence electrons. The van der Waals surface area contributed by atoms with Gasteiger partial charge in [0.2, 0.25) is 5.91 Å². The molecule has 0 aromatic heterocycles. The van der Waals surface area contributed by atoms with Crippen LogP contribution in [0.5, 0.6) is 0 Å². The average Bonchev–Trinajstić information content (AvgIpc) is 2.98. The minimum atomic E-state index is -0.144. The molecule has 0 spiro atoms. The molecule has 4 rings (SSSR count). The topological polar surface area (TPSA) is 41.1 Å². The molecule has 3 nitrogen and oxygen atoms in total. The molecule has 1 fully saturated rings. The van der Waals surface area contributed by atoms with E-state index in [2.05, 4.69) is 10.6 Å². The number of hydrogen-bond acceptors (Lipinski definition) is 3. The van der Waals surface area contributed by atoms with Crippen LogP contribution in [0, 0.1) is 5.92 Å². The SMILES string of the molecule is O=C1NC(c2cccc(Cl)c2)NC2SC3=C(CCC3)C12. The molecule has 3 atom stereocenters. The molecule has 2 heterocycles. The number of thioether (sulfide) groups is 1. The largest absolute Gasteiger partial charge is 0.336 e. The van der Waals surface area contributed by atoms with Crippen molar-refractivity contribution in [2.75, 3.05) is 0 Å². The van der Waals surface area contributed by atoms with E-state index in [4.69, 9.17) is 11.6 Å². The van der Waals surface area contributed by atoms with Crippen molar-refractivity contribution in [3.63, 3.8) is 0 Å². The highest BCUT2D eigenvalue weighted by molar-refractivity contribution is 8.04. The molecule has 0 bridgehead atoms. The molecular weight excluding hydrogens is 292 g/mol. The van der Waals surface area contributed by atoms with Crippen LogP contribution < -0.4 is 10.6 Å². The van der Waals surface area contributed by atoms with Crippen molar-refractivity contribution in [2.45, 2.75) is 30.8 Å². The van der Waals surface area contributed by atoms with E-state index in [-0.39, 0.29) is 23.4 Å². The van der Waals surface area contributed by atoms with Gasteiger partial charge in [0.1, 0.15) is 6.17 Å². The molecule has 5 heteroatoms. The van der Waals surface area contributed by atoms with E-state index in [9.17, 15) is 4.79 Å². The smallest absolute Gasteiger partial charge is 0.231 e. The Bertz CT molecular complexity index is 616. The maximum Gasteiger partial charge on any atom is 0.231 e. The number of hydrogen-bond donors (Lipinski definition) is 2. The van der Waals surface area contributed by atoms with Crippen LogP contribution in [0.2, 0.25) is 5.02 Å². The number of rotatable bonds is 1. The Kier molecular flexibility index (Phi) is 3.05. The van der Waals surface area contributed by atoms with Crippen molar-refractivity contribution < 1.29 is 4.79 Å². The Labute approximate surface area is 127 Å². The van der Waals surface area contributed by atoms with Gasteiger partial charge < -0.3 is 5.32 Å². The summed E-state index contributed by atoms with van der Waals surface area (Å²) in [6, 6.07) is 7.65. The van der Waals surface area contributed by atoms with Gasteiger partial charge in [-0.25, -0.2) is 0 Å². The first kappa shape index (κ1) is 12.7. The van der Waals surface area contributed by atoms with Gasteiger partial charge in [0, 0.05) is 5.02 Å². The quantitative estimate of drug-likeness (QED) is 0.837. The molecule has 1 saturated heterocycles. The van der Waals surface area contributed by atoms with Gasteiger partial charge in [0.25, 0.3) is 0 Å². The Balaban J connectivity index is 1.60. The van der Waals surface area contributed by atoms with Crippen molar-refractivity contribution in [1.82, 2.24) is 10.6 Å². The van der Waals surface area contributed by atoms with Gasteiger partial charge in [-0.15, -0.1) is 11.8 Å². The predicted molar refractivity (Wildman–Crippen MR) is 81.2 cm³/mol. The van der Waals surface area contributed by atoms with Crippen LogP contribution in [-0.4, -0.2) is 11.3 Å². The Morgan fingerprint density at radius 1 is 1.30 bits per heavy atom. The summed E-state index contributed by atoms with van der Waals surface area (Å²) in [7, 11) is 0. The van der Waals surface area contributed by atoms with Crippen LogP contribution in [0.1, 0.15) is 31.0 Å². The predicted octanol–water partition coefficient (Wildman–Crippen LogP) is 3.19. The second-order valence-corrected chi connectivity index (χ2v) is 7.15. The third-order valence-corrected chi connectivity index (χ3v) is 5.89. The molecule has 2 N–H and O–H groups in total. The number of allylic oxidation sites excluding steroid dienone is 1. The van der Waals surface area contributed by atoms with Crippen molar-refractivity contribution in [3.8, 4) is 0 Å². The zero-order valence-corrected chi connectivity index (χ0v) is 12.4.